The molecule has 0 bridgehead atoms. The van der Waals surface area contributed by atoms with Gasteiger partial charge in [0.2, 0.25) is 15.9 Å². The van der Waals surface area contributed by atoms with Crippen LogP contribution in [0.15, 0.2) is 53.4 Å². The summed E-state index contributed by atoms with van der Waals surface area (Å²) in [6.07, 6.45) is 3.84. The molecule has 0 radical (unpaired) electrons. The minimum atomic E-state index is -3.50. The molecule has 172 valence electrons. The van der Waals surface area contributed by atoms with Crippen molar-refractivity contribution in [2.45, 2.75) is 38.1 Å². The Hall–Kier alpha value is -2.84. The molecule has 32 heavy (non-hydrogen) atoms. The second-order valence-corrected chi connectivity index (χ2v) is 9.30. The molecule has 2 aromatic carbocycles. The Balaban J connectivity index is 1.65. The van der Waals surface area contributed by atoms with Crippen LogP contribution in [0.5, 0.6) is 11.5 Å². The van der Waals surface area contributed by atoms with E-state index in [-0.39, 0.29) is 16.8 Å². The molecule has 3 rings (SSSR count). The van der Waals surface area contributed by atoms with Crippen molar-refractivity contribution >= 4 is 22.0 Å². The van der Waals surface area contributed by atoms with Crippen molar-refractivity contribution in [3.63, 3.8) is 0 Å². The monoisotopic (exact) mass is 458 g/mol. The van der Waals surface area contributed by atoms with Crippen LogP contribution in [-0.4, -0.2) is 44.9 Å². The van der Waals surface area contributed by atoms with Gasteiger partial charge in [-0.1, -0.05) is 39.0 Å². The fourth-order valence-electron chi connectivity index (χ4n) is 3.55. The van der Waals surface area contributed by atoms with Gasteiger partial charge in [0.05, 0.1) is 10.9 Å². The van der Waals surface area contributed by atoms with Crippen molar-refractivity contribution < 1.29 is 22.7 Å². The number of rotatable bonds is 9. The van der Waals surface area contributed by atoms with Crippen LogP contribution >= 0.6 is 0 Å². The summed E-state index contributed by atoms with van der Waals surface area (Å²) in [4.78, 5) is 12.7. The van der Waals surface area contributed by atoms with Gasteiger partial charge in [-0.25, -0.2) is 8.42 Å². The number of hydrogen-bond donors (Lipinski definition) is 1. The van der Waals surface area contributed by atoms with E-state index in [0.717, 1.165) is 17.5 Å². The van der Waals surface area contributed by atoms with Crippen molar-refractivity contribution in [3.05, 3.63) is 59.7 Å². The normalized spacial score (nSPS) is 14.5. The quantitative estimate of drug-likeness (QED) is 0.578. The molecule has 1 N–H and O–H groups in total. The molecule has 0 saturated carbocycles. The second kappa shape index (κ2) is 10.7. The number of nitrogens with zero attached hydrogens (tertiary/aromatic N) is 1. The average Bonchev–Trinajstić information content (AvgIpc) is 2.81. The van der Waals surface area contributed by atoms with Crippen LogP contribution in [0.4, 0.5) is 0 Å². The number of hydrogen-bond acceptors (Lipinski definition) is 5. The van der Waals surface area contributed by atoms with Crippen LogP contribution in [-0.2, 0) is 14.8 Å². The van der Waals surface area contributed by atoms with E-state index in [1.54, 1.807) is 30.3 Å². The average molecular weight is 459 g/mol. The van der Waals surface area contributed by atoms with E-state index in [2.05, 4.69) is 5.32 Å². The molecule has 1 aliphatic rings. The molecule has 1 amide bonds. The van der Waals surface area contributed by atoms with Crippen LogP contribution < -0.4 is 14.8 Å². The first-order valence-corrected chi connectivity index (χ1v) is 12.3. The van der Waals surface area contributed by atoms with Crippen molar-refractivity contribution in [2.75, 3.05) is 26.3 Å². The first-order valence-electron chi connectivity index (χ1n) is 10.9. The van der Waals surface area contributed by atoms with Gasteiger partial charge in [-0.05, 0) is 47.9 Å². The predicted molar refractivity (Wildman–Crippen MR) is 124 cm³/mol. The zero-order valence-electron chi connectivity index (χ0n) is 18.7. The predicted octanol–water partition coefficient (Wildman–Crippen LogP) is 3.77. The fourth-order valence-corrected chi connectivity index (χ4v) is 5.01. The molecule has 0 aliphatic carbocycles. The molecule has 0 fully saturated rings. The molecule has 0 aromatic heterocycles. The molecule has 1 heterocycles. The summed E-state index contributed by atoms with van der Waals surface area (Å²) in [5.41, 5.74) is 1.69. The summed E-state index contributed by atoms with van der Waals surface area (Å²) >= 11 is 0. The van der Waals surface area contributed by atoms with E-state index in [1.807, 2.05) is 39.0 Å². The van der Waals surface area contributed by atoms with Crippen LogP contribution in [0.3, 0.4) is 0 Å². The fraction of sp³-hybridized carbons (Fsp3) is 0.375. The molecular formula is C24H30N2O5S. The minimum absolute atomic E-state index is 0.162. The zero-order chi connectivity index (χ0) is 23.1. The largest absolute Gasteiger partial charge is 0.486 e. The van der Waals surface area contributed by atoms with E-state index in [9.17, 15) is 13.2 Å². The number of nitrogens with one attached hydrogen (secondary N) is 1. The summed E-state index contributed by atoms with van der Waals surface area (Å²) in [5.74, 6) is 1.18. The molecule has 1 aliphatic heterocycles. The van der Waals surface area contributed by atoms with Crippen molar-refractivity contribution in [2.24, 2.45) is 0 Å². The van der Waals surface area contributed by atoms with Crippen molar-refractivity contribution in [1.82, 2.24) is 9.62 Å². The van der Waals surface area contributed by atoms with Crippen molar-refractivity contribution in [1.29, 1.82) is 0 Å². The maximum Gasteiger partial charge on any atom is 0.244 e. The maximum absolute atomic E-state index is 12.6. The topological polar surface area (TPSA) is 84.9 Å². The number of sulfonamides is 1. The molecule has 2 aromatic rings. The lowest BCUT2D eigenvalue weighted by Gasteiger charge is -2.22. The molecule has 1 atom stereocenters. The first kappa shape index (κ1) is 23.8. The lowest BCUT2D eigenvalue weighted by Crippen LogP contribution is -2.30. The Morgan fingerprint density at radius 1 is 1.03 bits per heavy atom. The SMILES string of the molecule is CCC(NC(=O)C=Cc1ccc(S(=O)(=O)N(CC)CC)cc1)c1ccc2c(c1)OCCO2. The summed E-state index contributed by atoms with van der Waals surface area (Å²) in [6, 6.07) is 12.1. The number of ether oxygens (including phenoxy) is 2. The third-order valence-corrected chi connectivity index (χ3v) is 7.41. The Morgan fingerprint density at radius 2 is 1.69 bits per heavy atom. The van der Waals surface area contributed by atoms with Crippen LogP contribution in [0.1, 0.15) is 44.4 Å². The first-order chi connectivity index (χ1) is 15.4. The van der Waals surface area contributed by atoms with Crippen LogP contribution in [0.2, 0.25) is 0 Å². The van der Waals surface area contributed by atoms with Gasteiger partial charge in [0, 0.05) is 19.2 Å². The van der Waals surface area contributed by atoms with Gasteiger partial charge in [0.15, 0.2) is 11.5 Å². The number of amides is 1. The van der Waals surface area contributed by atoms with E-state index < -0.39 is 10.0 Å². The van der Waals surface area contributed by atoms with Gasteiger partial charge in [0.1, 0.15) is 13.2 Å². The molecule has 0 spiro atoms. The van der Waals surface area contributed by atoms with Gasteiger partial charge in [-0.2, -0.15) is 4.31 Å². The van der Waals surface area contributed by atoms with Gasteiger partial charge < -0.3 is 14.8 Å². The number of fused-ring (bicyclic) bond motifs is 1. The Kier molecular flexibility index (Phi) is 7.93. The second-order valence-electron chi connectivity index (χ2n) is 7.36. The Bertz CT molecular complexity index is 1060. The zero-order valence-corrected chi connectivity index (χ0v) is 19.5. The molecule has 8 heteroatoms. The highest BCUT2D eigenvalue weighted by molar-refractivity contribution is 7.89. The van der Waals surface area contributed by atoms with E-state index in [1.165, 1.54) is 10.4 Å². The Labute approximate surface area is 190 Å². The summed E-state index contributed by atoms with van der Waals surface area (Å²) in [6.45, 7) is 7.51. The maximum atomic E-state index is 12.6. The number of carbonyl (C=O) groups excluding carboxylic acids is 1. The molecule has 7 nitrogen and oxygen atoms in total. The molecule has 1 unspecified atom stereocenters. The third kappa shape index (κ3) is 5.49. The van der Waals surface area contributed by atoms with E-state index in [4.69, 9.17) is 9.47 Å². The highest BCUT2D eigenvalue weighted by atomic mass is 32.2. The highest BCUT2D eigenvalue weighted by Crippen LogP contribution is 2.33. The number of carbonyl (C=O) groups is 1. The molecule has 0 saturated heterocycles. The third-order valence-electron chi connectivity index (χ3n) is 5.34. The summed E-state index contributed by atoms with van der Waals surface area (Å²) in [5, 5.41) is 3.00. The van der Waals surface area contributed by atoms with E-state index >= 15 is 0 Å². The van der Waals surface area contributed by atoms with Crippen LogP contribution in [0, 0.1) is 0 Å². The van der Waals surface area contributed by atoms with Gasteiger partial charge in [-0.3, -0.25) is 4.79 Å². The summed E-state index contributed by atoms with van der Waals surface area (Å²) in [7, 11) is -3.50. The van der Waals surface area contributed by atoms with Gasteiger partial charge in [-0.15, -0.1) is 0 Å². The highest BCUT2D eigenvalue weighted by Gasteiger charge is 2.21. The molecular weight excluding hydrogens is 428 g/mol. The lowest BCUT2D eigenvalue weighted by atomic mass is 10.0. The Morgan fingerprint density at radius 3 is 2.31 bits per heavy atom. The van der Waals surface area contributed by atoms with Gasteiger partial charge in [0.25, 0.3) is 0 Å². The van der Waals surface area contributed by atoms with Crippen LogP contribution in [0.25, 0.3) is 6.08 Å². The smallest absolute Gasteiger partial charge is 0.244 e. The standard InChI is InChI=1S/C24H30N2O5S/c1-4-21(19-10-13-22-23(17-19)31-16-15-30-22)25-24(27)14-9-18-7-11-20(12-8-18)32(28,29)26(5-2)6-3/h7-14,17,21H,4-6,15-16H2,1-3H3,(H,25,27). The van der Waals surface area contributed by atoms with Gasteiger partial charge >= 0.3 is 0 Å². The lowest BCUT2D eigenvalue weighted by molar-refractivity contribution is -0.117. The minimum Gasteiger partial charge on any atom is -0.486 e. The van der Waals surface area contributed by atoms with E-state index in [0.29, 0.717) is 37.8 Å². The van der Waals surface area contributed by atoms with Crippen molar-refractivity contribution in [3.8, 4) is 11.5 Å². The summed E-state index contributed by atoms with van der Waals surface area (Å²) < 4.78 is 37.8. The number of benzene rings is 2.